The van der Waals surface area contributed by atoms with Gasteiger partial charge in [-0.1, -0.05) is 11.6 Å². The van der Waals surface area contributed by atoms with E-state index in [0.717, 1.165) is 0 Å². The number of aromatic nitrogens is 4. The largest absolute Gasteiger partial charge is 0.444 e. The van der Waals surface area contributed by atoms with E-state index in [1.54, 1.807) is 39.0 Å². The molecule has 0 aromatic carbocycles. The van der Waals surface area contributed by atoms with Crippen LogP contribution in [0.4, 0.5) is 22.1 Å². The van der Waals surface area contributed by atoms with Gasteiger partial charge in [-0.2, -0.15) is 14.9 Å². The number of amides is 1. The van der Waals surface area contributed by atoms with E-state index in [-0.39, 0.29) is 5.15 Å². The van der Waals surface area contributed by atoms with Gasteiger partial charge in [-0.05, 0) is 32.9 Å². The van der Waals surface area contributed by atoms with Gasteiger partial charge in [0, 0.05) is 6.07 Å². The molecule has 3 aromatic heterocycles. The number of rotatable bonds is 3. The van der Waals surface area contributed by atoms with Gasteiger partial charge >= 0.3 is 6.09 Å². The van der Waals surface area contributed by atoms with Crippen LogP contribution in [0.1, 0.15) is 26.3 Å². The summed E-state index contributed by atoms with van der Waals surface area (Å²) in [4.78, 5) is 20.0. The van der Waals surface area contributed by atoms with Crippen molar-refractivity contribution in [3.05, 3.63) is 41.3 Å². The molecule has 1 amide bonds. The number of halogens is 1. The van der Waals surface area contributed by atoms with Gasteiger partial charge in [0.25, 0.3) is 0 Å². The van der Waals surface area contributed by atoms with Crippen LogP contribution in [0, 0.1) is 11.3 Å². The Bertz CT molecular complexity index is 1030. The average Bonchev–Trinajstić information content (AvgIpc) is 2.98. The Hall–Kier alpha value is -3.38. The highest BCUT2D eigenvalue weighted by atomic mass is 35.5. The summed E-state index contributed by atoms with van der Waals surface area (Å²) in [6.07, 6.45) is 2.36. The summed E-state index contributed by atoms with van der Waals surface area (Å²) in [6.45, 7) is 5.34. The number of ether oxygens (including phenoxy) is 1. The number of hydrogen-bond donors (Lipinski definition) is 2. The third-order valence-corrected chi connectivity index (χ3v) is 3.42. The molecule has 0 bridgehead atoms. The Morgan fingerprint density at radius 1 is 1.33 bits per heavy atom. The molecule has 0 aliphatic heterocycles. The Morgan fingerprint density at radius 2 is 2.11 bits per heavy atom. The minimum atomic E-state index is -0.594. The minimum absolute atomic E-state index is 0.221. The van der Waals surface area contributed by atoms with Crippen LogP contribution in [-0.4, -0.2) is 31.3 Å². The summed E-state index contributed by atoms with van der Waals surface area (Å²) in [5.74, 6) is 0.861. The van der Waals surface area contributed by atoms with Crippen LogP contribution in [-0.2, 0) is 4.74 Å². The molecule has 0 saturated carbocycles. The number of pyridine rings is 1. The first kappa shape index (κ1) is 18.4. The summed E-state index contributed by atoms with van der Waals surface area (Å²) in [5.41, 5.74) is 0.699. The molecule has 27 heavy (non-hydrogen) atoms. The van der Waals surface area contributed by atoms with Crippen LogP contribution in [0.25, 0.3) is 5.65 Å². The first-order valence-electron chi connectivity index (χ1n) is 7.92. The number of fused-ring (bicyclic) bond motifs is 1. The molecule has 0 aliphatic rings. The number of carbonyl (C=O) groups is 1. The Morgan fingerprint density at radius 3 is 2.74 bits per heavy atom. The molecule has 0 saturated heterocycles. The van der Waals surface area contributed by atoms with Gasteiger partial charge in [-0.3, -0.25) is 5.32 Å². The lowest BCUT2D eigenvalue weighted by Gasteiger charge is -2.19. The Balaban J connectivity index is 1.78. The molecule has 9 nitrogen and oxygen atoms in total. The lowest BCUT2D eigenvalue weighted by Crippen LogP contribution is -2.27. The van der Waals surface area contributed by atoms with Gasteiger partial charge in [0.1, 0.15) is 34.0 Å². The van der Waals surface area contributed by atoms with Crippen molar-refractivity contribution in [1.82, 2.24) is 19.6 Å². The summed E-state index contributed by atoms with van der Waals surface area (Å²) in [6, 6.07) is 6.93. The Labute approximate surface area is 159 Å². The van der Waals surface area contributed by atoms with Gasteiger partial charge in [-0.25, -0.2) is 14.8 Å². The van der Waals surface area contributed by atoms with Crippen molar-refractivity contribution in [3.8, 4) is 6.07 Å². The predicted octanol–water partition coefficient (Wildman–Crippen LogP) is 3.74. The lowest BCUT2D eigenvalue weighted by atomic mass is 10.2. The van der Waals surface area contributed by atoms with Crippen molar-refractivity contribution in [2.45, 2.75) is 26.4 Å². The maximum atomic E-state index is 11.8. The molecule has 0 aliphatic carbocycles. The van der Waals surface area contributed by atoms with E-state index >= 15 is 0 Å². The number of nitriles is 1. The fourth-order valence-corrected chi connectivity index (χ4v) is 2.38. The fraction of sp³-hybridized carbons (Fsp3) is 0.235. The molecule has 2 N–H and O–H groups in total. The van der Waals surface area contributed by atoms with E-state index in [1.807, 2.05) is 6.07 Å². The van der Waals surface area contributed by atoms with Crippen LogP contribution in [0.3, 0.4) is 0 Å². The van der Waals surface area contributed by atoms with E-state index in [1.165, 1.54) is 16.9 Å². The van der Waals surface area contributed by atoms with E-state index < -0.39 is 11.7 Å². The van der Waals surface area contributed by atoms with Crippen molar-refractivity contribution in [2.24, 2.45) is 0 Å². The molecule has 3 aromatic rings. The zero-order chi connectivity index (χ0) is 19.6. The zero-order valence-electron chi connectivity index (χ0n) is 14.8. The second-order valence-corrected chi connectivity index (χ2v) is 6.94. The van der Waals surface area contributed by atoms with Crippen LogP contribution >= 0.6 is 11.6 Å². The summed E-state index contributed by atoms with van der Waals surface area (Å²) >= 11 is 6.03. The maximum Gasteiger partial charge on any atom is 0.413 e. The monoisotopic (exact) mass is 385 g/mol. The van der Waals surface area contributed by atoms with Crippen LogP contribution in [0.15, 0.2) is 30.6 Å². The SMILES string of the molecule is CC(C)(C)OC(=O)Nc1ccc(Nc2cc(Cl)nc3c(C#N)cnn23)cn1. The first-order valence-corrected chi connectivity index (χ1v) is 8.30. The first-order chi connectivity index (χ1) is 12.7. The van der Waals surface area contributed by atoms with Gasteiger partial charge in [0.05, 0.1) is 18.1 Å². The lowest BCUT2D eigenvalue weighted by molar-refractivity contribution is 0.0635. The third kappa shape index (κ3) is 4.43. The van der Waals surface area contributed by atoms with Crippen LogP contribution in [0.5, 0.6) is 0 Å². The van der Waals surface area contributed by atoms with Crippen molar-refractivity contribution < 1.29 is 9.53 Å². The van der Waals surface area contributed by atoms with Crippen molar-refractivity contribution in [1.29, 1.82) is 5.26 Å². The number of hydrogen-bond acceptors (Lipinski definition) is 7. The highest BCUT2D eigenvalue weighted by Gasteiger charge is 2.16. The number of nitrogens with one attached hydrogen (secondary N) is 2. The minimum Gasteiger partial charge on any atom is -0.444 e. The summed E-state index contributed by atoms with van der Waals surface area (Å²) in [7, 11) is 0. The zero-order valence-corrected chi connectivity index (χ0v) is 15.6. The van der Waals surface area contributed by atoms with E-state index in [9.17, 15) is 4.79 Å². The molecule has 0 radical (unpaired) electrons. The highest BCUT2D eigenvalue weighted by molar-refractivity contribution is 6.29. The smallest absolute Gasteiger partial charge is 0.413 e. The molecule has 3 heterocycles. The Kier molecular flexibility index (Phi) is 4.83. The summed E-state index contributed by atoms with van der Waals surface area (Å²) in [5, 5.41) is 19.1. The number of nitrogens with zero attached hydrogens (tertiary/aromatic N) is 5. The van der Waals surface area contributed by atoms with Crippen molar-refractivity contribution in [2.75, 3.05) is 10.6 Å². The van der Waals surface area contributed by atoms with Gasteiger partial charge in [0.2, 0.25) is 0 Å². The third-order valence-electron chi connectivity index (χ3n) is 3.23. The molecule has 0 fully saturated rings. The van der Waals surface area contributed by atoms with Crippen LogP contribution in [0.2, 0.25) is 5.15 Å². The molecular formula is C17H16ClN7O2. The molecule has 0 atom stereocenters. The molecule has 3 rings (SSSR count). The average molecular weight is 386 g/mol. The predicted molar refractivity (Wildman–Crippen MR) is 100 cm³/mol. The highest BCUT2D eigenvalue weighted by Crippen LogP contribution is 2.22. The molecule has 0 spiro atoms. The van der Waals surface area contributed by atoms with Crippen LogP contribution < -0.4 is 10.6 Å². The molecular weight excluding hydrogens is 370 g/mol. The fourth-order valence-electron chi connectivity index (χ4n) is 2.20. The molecule has 10 heteroatoms. The number of carbonyl (C=O) groups excluding carboxylic acids is 1. The second kappa shape index (κ2) is 7.09. The topological polar surface area (TPSA) is 117 Å². The van der Waals surface area contributed by atoms with Gasteiger partial charge < -0.3 is 10.1 Å². The van der Waals surface area contributed by atoms with E-state index in [4.69, 9.17) is 21.6 Å². The second-order valence-electron chi connectivity index (χ2n) is 6.55. The standard InChI is InChI=1S/C17H16ClN7O2/c1-17(2,3)27-16(26)24-13-5-4-11(9-20-13)22-14-6-12(18)23-15-10(7-19)8-21-25(14)15/h4-6,8-9,22H,1-3H3,(H,20,24,26). The normalized spacial score (nSPS) is 11.1. The van der Waals surface area contributed by atoms with Gasteiger partial charge in [-0.15, -0.1) is 0 Å². The summed E-state index contributed by atoms with van der Waals surface area (Å²) < 4.78 is 6.65. The quantitative estimate of drug-likeness (QED) is 0.659. The van der Waals surface area contributed by atoms with E-state index in [2.05, 4.69) is 25.7 Å². The molecule has 0 unspecified atom stereocenters. The molecule has 138 valence electrons. The maximum absolute atomic E-state index is 11.8. The van der Waals surface area contributed by atoms with E-state index in [0.29, 0.717) is 28.5 Å². The number of anilines is 3. The van der Waals surface area contributed by atoms with Crippen molar-refractivity contribution >= 4 is 40.7 Å². The van der Waals surface area contributed by atoms with Gasteiger partial charge in [0.15, 0.2) is 5.65 Å². The van der Waals surface area contributed by atoms with Crippen molar-refractivity contribution in [3.63, 3.8) is 0 Å².